The molecule has 0 bridgehead atoms. The van der Waals surface area contributed by atoms with E-state index >= 15 is 0 Å². The number of nitriles is 1. The second-order valence-corrected chi connectivity index (χ2v) is 2.85. The van der Waals surface area contributed by atoms with Gasteiger partial charge in [0.25, 0.3) is 0 Å². The lowest BCUT2D eigenvalue weighted by molar-refractivity contribution is -0.384. The van der Waals surface area contributed by atoms with Crippen molar-refractivity contribution in [2.75, 3.05) is 5.73 Å². The van der Waals surface area contributed by atoms with Crippen molar-refractivity contribution >= 4 is 17.2 Å². The van der Waals surface area contributed by atoms with E-state index in [1.807, 2.05) is 0 Å². The van der Waals surface area contributed by atoms with Crippen LogP contribution in [0.1, 0.15) is 22.8 Å². The van der Waals surface area contributed by atoms with E-state index in [-0.39, 0.29) is 22.6 Å². The van der Waals surface area contributed by atoms with Gasteiger partial charge >= 0.3 is 5.69 Å². The van der Waals surface area contributed by atoms with Gasteiger partial charge in [0.2, 0.25) is 0 Å². The van der Waals surface area contributed by atoms with Crippen LogP contribution in [0.2, 0.25) is 0 Å². The van der Waals surface area contributed by atoms with Crippen LogP contribution >= 0.6 is 0 Å². The number of carbonyl (C=O) groups is 1. The molecule has 15 heavy (non-hydrogen) atoms. The molecule has 0 saturated carbocycles. The molecule has 6 heteroatoms. The van der Waals surface area contributed by atoms with E-state index in [4.69, 9.17) is 11.0 Å². The van der Waals surface area contributed by atoms with Crippen molar-refractivity contribution < 1.29 is 9.72 Å². The molecular formula is C9H7N3O3. The summed E-state index contributed by atoms with van der Waals surface area (Å²) in [6, 6.07) is 4.17. The number of nitro benzene ring substituents is 1. The van der Waals surface area contributed by atoms with Crippen molar-refractivity contribution in [3.63, 3.8) is 0 Å². The summed E-state index contributed by atoms with van der Waals surface area (Å²) >= 11 is 0. The quantitative estimate of drug-likeness (QED) is 0.338. The molecule has 0 amide bonds. The highest BCUT2D eigenvalue weighted by Crippen LogP contribution is 2.29. The van der Waals surface area contributed by atoms with E-state index < -0.39 is 10.6 Å². The molecule has 0 fully saturated rings. The average molecular weight is 205 g/mol. The molecule has 0 aliphatic heterocycles. The standard InChI is InChI=1S/C9H7N3O3/c1-5(13)7-3-2-6(4-10)9(8(7)11)12(14)15/h2-3H,11H2,1H3. The second-order valence-electron chi connectivity index (χ2n) is 2.85. The largest absolute Gasteiger partial charge is 0.393 e. The van der Waals surface area contributed by atoms with Crippen LogP contribution in [0.3, 0.4) is 0 Å². The summed E-state index contributed by atoms with van der Waals surface area (Å²) < 4.78 is 0. The molecule has 76 valence electrons. The molecule has 0 aliphatic carbocycles. The number of benzene rings is 1. The smallest absolute Gasteiger partial charge is 0.310 e. The Balaban J connectivity index is 3.58. The van der Waals surface area contributed by atoms with E-state index in [2.05, 4.69) is 0 Å². The number of hydrogen-bond acceptors (Lipinski definition) is 5. The molecule has 0 saturated heterocycles. The zero-order chi connectivity index (χ0) is 11.6. The predicted octanol–water partition coefficient (Wildman–Crippen LogP) is 1.25. The van der Waals surface area contributed by atoms with E-state index in [0.717, 1.165) is 0 Å². The fourth-order valence-electron chi connectivity index (χ4n) is 1.20. The molecule has 1 rings (SSSR count). The lowest BCUT2D eigenvalue weighted by Gasteiger charge is -2.03. The zero-order valence-corrected chi connectivity index (χ0v) is 7.85. The molecule has 1 aromatic carbocycles. The Morgan fingerprint density at radius 3 is 2.60 bits per heavy atom. The maximum absolute atomic E-state index is 11.1. The number of rotatable bonds is 2. The lowest BCUT2D eigenvalue weighted by Crippen LogP contribution is -2.05. The minimum atomic E-state index is -0.764. The van der Waals surface area contributed by atoms with Gasteiger partial charge in [0.05, 0.1) is 4.92 Å². The Labute approximate surface area is 85.1 Å². The van der Waals surface area contributed by atoms with E-state index in [0.29, 0.717) is 0 Å². The monoisotopic (exact) mass is 205 g/mol. The molecule has 6 nitrogen and oxygen atoms in total. The van der Waals surface area contributed by atoms with Crippen molar-refractivity contribution in [3.8, 4) is 6.07 Å². The van der Waals surface area contributed by atoms with E-state index in [1.165, 1.54) is 19.1 Å². The van der Waals surface area contributed by atoms with Gasteiger partial charge in [0, 0.05) is 5.56 Å². The molecular weight excluding hydrogens is 198 g/mol. The first-order valence-electron chi connectivity index (χ1n) is 3.97. The Hall–Kier alpha value is -2.42. The van der Waals surface area contributed by atoms with Gasteiger partial charge in [-0.25, -0.2) is 0 Å². The normalized spacial score (nSPS) is 9.33. The summed E-state index contributed by atoms with van der Waals surface area (Å²) in [4.78, 5) is 20.9. The van der Waals surface area contributed by atoms with Crippen LogP contribution in [0.4, 0.5) is 11.4 Å². The molecule has 1 aromatic rings. The Morgan fingerprint density at radius 2 is 2.20 bits per heavy atom. The SMILES string of the molecule is CC(=O)c1ccc(C#N)c([N+](=O)[O-])c1N. The molecule has 0 atom stereocenters. The van der Waals surface area contributed by atoms with Crippen molar-refractivity contribution in [3.05, 3.63) is 33.4 Å². The summed E-state index contributed by atoms with van der Waals surface area (Å²) in [6.45, 7) is 1.25. The molecule has 0 aromatic heterocycles. The first-order valence-corrected chi connectivity index (χ1v) is 3.97. The first kappa shape index (κ1) is 10.7. The number of anilines is 1. The third-order valence-electron chi connectivity index (χ3n) is 1.90. The first-order chi connectivity index (χ1) is 6.99. The number of Topliss-reactive ketones (excluding diaryl/α,β-unsaturated/α-hetero) is 1. The summed E-state index contributed by atoms with van der Waals surface area (Å²) in [5.41, 5.74) is 4.59. The minimum absolute atomic E-state index is 0.0562. The van der Waals surface area contributed by atoms with Gasteiger partial charge in [-0.3, -0.25) is 14.9 Å². The molecule has 0 heterocycles. The summed E-state index contributed by atoms with van der Waals surface area (Å²) in [6.07, 6.45) is 0. The van der Waals surface area contributed by atoms with Crippen molar-refractivity contribution in [1.29, 1.82) is 5.26 Å². The van der Waals surface area contributed by atoms with Crippen LogP contribution in [0, 0.1) is 21.4 Å². The van der Waals surface area contributed by atoms with Gasteiger partial charge in [-0.05, 0) is 19.1 Å². The number of hydrogen-bond donors (Lipinski definition) is 1. The van der Waals surface area contributed by atoms with Crippen LogP contribution in [0.15, 0.2) is 12.1 Å². The van der Waals surface area contributed by atoms with Gasteiger partial charge < -0.3 is 5.73 Å². The highest BCUT2D eigenvalue weighted by molar-refractivity contribution is 6.01. The second kappa shape index (κ2) is 3.75. The van der Waals surface area contributed by atoms with E-state index in [1.54, 1.807) is 6.07 Å². The number of ketones is 1. The molecule has 0 aliphatic rings. The van der Waals surface area contributed by atoms with Crippen LogP contribution in [0.5, 0.6) is 0 Å². The van der Waals surface area contributed by atoms with Gasteiger partial charge in [0.1, 0.15) is 17.3 Å². The number of nitrogen functional groups attached to an aromatic ring is 1. The van der Waals surface area contributed by atoms with Gasteiger partial charge in [-0.1, -0.05) is 0 Å². The average Bonchev–Trinajstić information content (AvgIpc) is 2.15. The summed E-state index contributed by atoms with van der Waals surface area (Å²) in [5.74, 6) is -0.375. The lowest BCUT2D eigenvalue weighted by atomic mass is 10.0. The Bertz CT molecular complexity index is 488. The van der Waals surface area contributed by atoms with Crippen LogP contribution in [0.25, 0.3) is 0 Å². The number of nitrogens with zero attached hydrogens (tertiary/aromatic N) is 2. The van der Waals surface area contributed by atoms with Gasteiger partial charge in [-0.15, -0.1) is 0 Å². The van der Waals surface area contributed by atoms with Crippen molar-refractivity contribution in [2.24, 2.45) is 0 Å². The highest BCUT2D eigenvalue weighted by Gasteiger charge is 2.22. The summed E-state index contributed by atoms with van der Waals surface area (Å²) in [7, 11) is 0. The highest BCUT2D eigenvalue weighted by atomic mass is 16.6. The Kier molecular flexibility index (Phi) is 2.67. The minimum Gasteiger partial charge on any atom is -0.393 e. The molecule has 0 spiro atoms. The third-order valence-corrected chi connectivity index (χ3v) is 1.90. The molecule has 0 unspecified atom stereocenters. The van der Waals surface area contributed by atoms with Crippen LogP contribution in [-0.4, -0.2) is 10.7 Å². The van der Waals surface area contributed by atoms with Crippen molar-refractivity contribution in [1.82, 2.24) is 0 Å². The van der Waals surface area contributed by atoms with Gasteiger partial charge in [-0.2, -0.15) is 5.26 Å². The molecule has 2 N–H and O–H groups in total. The maximum Gasteiger partial charge on any atom is 0.310 e. The van der Waals surface area contributed by atoms with Gasteiger partial charge in [0.15, 0.2) is 5.78 Å². The zero-order valence-electron chi connectivity index (χ0n) is 7.85. The fraction of sp³-hybridized carbons (Fsp3) is 0.111. The van der Waals surface area contributed by atoms with E-state index in [9.17, 15) is 14.9 Å². The number of nitro groups is 1. The topological polar surface area (TPSA) is 110 Å². The Morgan fingerprint density at radius 1 is 1.60 bits per heavy atom. The van der Waals surface area contributed by atoms with Crippen molar-refractivity contribution in [2.45, 2.75) is 6.92 Å². The maximum atomic E-state index is 11.1. The van der Waals surface area contributed by atoms with Crippen LogP contribution < -0.4 is 5.73 Å². The molecule has 0 radical (unpaired) electrons. The third kappa shape index (κ3) is 1.76. The number of carbonyl (C=O) groups excluding carboxylic acids is 1. The number of nitrogens with two attached hydrogens (primary N) is 1. The predicted molar refractivity (Wildman–Crippen MR) is 52.2 cm³/mol. The fourth-order valence-corrected chi connectivity index (χ4v) is 1.20. The summed E-state index contributed by atoms with van der Waals surface area (Å²) in [5, 5.41) is 19.3. The van der Waals surface area contributed by atoms with Crippen LogP contribution in [-0.2, 0) is 0 Å².